The van der Waals surface area contributed by atoms with Gasteiger partial charge in [0.25, 0.3) is 11.8 Å². The largest absolute Gasteiger partial charge is 0.486 e. The van der Waals surface area contributed by atoms with E-state index in [2.05, 4.69) is 10.2 Å². The number of hydrogen-bond donors (Lipinski definition) is 3. The van der Waals surface area contributed by atoms with E-state index in [-0.39, 0.29) is 41.5 Å². The van der Waals surface area contributed by atoms with E-state index in [4.69, 9.17) is 9.47 Å². The first-order valence-electron chi connectivity index (χ1n) is 15.5. The highest BCUT2D eigenvalue weighted by Crippen LogP contribution is 2.35. The molecule has 2 amide bonds. The highest BCUT2D eigenvalue weighted by atomic mass is 16.5. The predicted octanol–water partition coefficient (Wildman–Crippen LogP) is 5.50. The molecule has 0 aromatic heterocycles. The Bertz CT molecular complexity index is 1600. The van der Waals surface area contributed by atoms with Crippen LogP contribution in [0.4, 0.5) is 5.69 Å². The molecule has 9 heteroatoms. The molecular formula is C37H41N3O6. The van der Waals surface area contributed by atoms with Crippen molar-refractivity contribution in [1.82, 2.24) is 9.80 Å². The van der Waals surface area contributed by atoms with Crippen molar-refractivity contribution < 1.29 is 29.3 Å². The minimum atomic E-state index is -1.41. The molecule has 5 rings (SSSR count). The first-order valence-corrected chi connectivity index (χ1v) is 15.5. The van der Waals surface area contributed by atoms with Gasteiger partial charge in [-0.15, -0.1) is 0 Å². The molecule has 1 aliphatic heterocycles. The van der Waals surface area contributed by atoms with Gasteiger partial charge in [0.2, 0.25) is 0 Å². The predicted molar refractivity (Wildman–Crippen MR) is 177 cm³/mol. The number of nitrogens with zero attached hydrogens (tertiary/aromatic N) is 2. The van der Waals surface area contributed by atoms with E-state index >= 15 is 0 Å². The van der Waals surface area contributed by atoms with E-state index in [1.54, 1.807) is 60.4 Å². The number of aliphatic hydroxyl groups excluding tert-OH is 2. The summed E-state index contributed by atoms with van der Waals surface area (Å²) in [5.74, 6) is 0.710. The van der Waals surface area contributed by atoms with Crippen LogP contribution < -0.4 is 14.8 Å². The average molecular weight is 624 g/mol. The van der Waals surface area contributed by atoms with Crippen LogP contribution >= 0.6 is 0 Å². The Morgan fingerprint density at radius 2 is 1.63 bits per heavy atom. The lowest BCUT2D eigenvalue weighted by atomic mass is 9.98. The van der Waals surface area contributed by atoms with Crippen LogP contribution in [-0.4, -0.2) is 70.7 Å². The van der Waals surface area contributed by atoms with Gasteiger partial charge in [-0.1, -0.05) is 73.7 Å². The molecule has 0 saturated heterocycles. The molecule has 46 heavy (non-hydrogen) atoms. The van der Waals surface area contributed by atoms with Crippen LogP contribution in [-0.2, 0) is 11.3 Å². The number of anilines is 1. The van der Waals surface area contributed by atoms with Gasteiger partial charge in [0.15, 0.2) is 11.9 Å². The number of likely N-dealkylation sites (N-methyl/N-ethyl adjacent to an activating group) is 1. The lowest BCUT2D eigenvalue weighted by Crippen LogP contribution is -2.49. The second-order valence-electron chi connectivity index (χ2n) is 11.9. The number of ether oxygens (including phenoxy) is 2. The normalized spacial score (nSPS) is 17.7. The summed E-state index contributed by atoms with van der Waals surface area (Å²) in [6, 6.07) is 30.8. The van der Waals surface area contributed by atoms with Gasteiger partial charge in [-0.25, -0.2) is 0 Å². The molecular weight excluding hydrogens is 582 g/mol. The number of para-hydroxylation sites is 2. The van der Waals surface area contributed by atoms with Crippen molar-refractivity contribution in [2.24, 2.45) is 5.92 Å². The lowest BCUT2D eigenvalue weighted by molar-refractivity contribution is -0.124. The molecule has 4 aromatic rings. The number of carbonyl (C=O) groups is 2. The molecule has 9 nitrogen and oxygen atoms in total. The molecule has 1 heterocycles. The Morgan fingerprint density at radius 1 is 0.978 bits per heavy atom. The van der Waals surface area contributed by atoms with Crippen molar-refractivity contribution in [3.63, 3.8) is 0 Å². The Labute approximate surface area is 270 Å². The average Bonchev–Trinajstić information content (AvgIpc) is 3.07. The number of rotatable bonds is 11. The minimum absolute atomic E-state index is 0.117. The highest BCUT2D eigenvalue weighted by molar-refractivity contribution is 6.02. The van der Waals surface area contributed by atoms with Gasteiger partial charge < -0.3 is 29.9 Å². The molecule has 1 aliphatic rings. The molecule has 1 unspecified atom stereocenters. The van der Waals surface area contributed by atoms with E-state index in [1.807, 2.05) is 68.6 Å². The summed E-state index contributed by atoms with van der Waals surface area (Å²) in [7, 11) is 2.01. The van der Waals surface area contributed by atoms with Crippen LogP contribution in [0.2, 0.25) is 0 Å². The smallest absolute Gasteiger partial charge is 0.258 e. The van der Waals surface area contributed by atoms with Gasteiger partial charge in [-0.05, 0) is 61.5 Å². The molecule has 0 radical (unpaired) electrons. The summed E-state index contributed by atoms with van der Waals surface area (Å²) >= 11 is 0. The maximum Gasteiger partial charge on any atom is 0.258 e. The molecule has 0 aliphatic carbocycles. The topological polar surface area (TPSA) is 112 Å². The number of hydrogen-bond acceptors (Lipinski definition) is 7. The quantitative estimate of drug-likeness (QED) is 0.202. The third-order valence-electron chi connectivity index (χ3n) is 8.16. The summed E-state index contributed by atoms with van der Waals surface area (Å²) in [5, 5.41) is 23.5. The summed E-state index contributed by atoms with van der Waals surface area (Å²) < 4.78 is 12.6. The van der Waals surface area contributed by atoms with Crippen molar-refractivity contribution in [3.8, 4) is 17.2 Å². The van der Waals surface area contributed by atoms with Crippen LogP contribution in [0.25, 0.3) is 0 Å². The maximum atomic E-state index is 13.8. The van der Waals surface area contributed by atoms with Gasteiger partial charge in [0, 0.05) is 25.6 Å². The number of aliphatic hydroxyl groups is 2. The fourth-order valence-corrected chi connectivity index (χ4v) is 5.52. The van der Waals surface area contributed by atoms with Crippen molar-refractivity contribution >= 4 is 17.5 Å². The zero-order chi connectivity index (χ0) is 32.6. The SMILES string of the molecule is CC(CO)N1C[C@@H](C)[C@@H](CN(C)Cc2ccc(Oc3ccccc3)cc2)Oc2c(NC(=O)[C@H](O)c3ccccc3)cccc2C1=O. The molecule has 3 N–H and O–H groups in total. The Morgan fingerprint density at radius 3 is 2.30 bits per heavy atom. The van der Waals surface area contributed by atoms with Gasteiger partial charge in [-0.3, -0.25) is 14.5 Å². The summed E-state index contributed by atoms with van der Waals surface area (Å²) in [6.45, 7) is 5.18. The number of fused-ring (bicyclic) bond motifs is 1. The fourth-order valence-electron chi connectivity index (χ4n) is 5.52. The second-order valence-corrected chi connectivity index (χ2v) is 11.9. The van der Waals surface area contributed by atoms with E-state index in [1.165, 1.54) is 0 Å². The standard InChI is InChI=1S/C37H41N3O6/c1-25-21-40(26(2)24-41)37(44)31-15-10-16-32(38-36(43)34(42)28-11-6-4-7-12-28)35(31)46-33(25)23-39(3)22-27-17-19-30(20-18-27)45-29-13-8-5-9-14-29/h4-20,25-26,33-34,41-42H,21-24H2,1-3H3,(H,38,43)/t25-,26?,33-,34-/m1/s1. The summed E-state index contributed by atoms with van der Waals surface area (Å²) in [6.07, 6.45) is -1.78. The van der Waals surface area contributed by atoms with Crippen LogP contribution in [0.15, 0.2) is 103 Å². The van der Waals surface area contributed by atoms with Crippen molar-refractivity contribution in [2.45, 2.75) is 38.6 Å². The molecule has 0 bridgehead atoms. The molecule has 0 saturated carbocycles. The molecule has 4 atom stereocenters. The third-order valence-corrected chi connectivity index (χ3v) is 8.16. The highest BCUT2D eigenvalue weighted by Gasteiger charge is 2.35. The lowest BCUT2D eigenvalue weighted by Gasteiger charge is -2.38. The van der Waals surface area contributed by atoms with Gasteiger partial charge in [0.1, 0.15) is 17.6 Å². The van der Waals surface area contributed by atoms with Crippen LogP contribution in [0.3, 0.4) is 0 Å². The Balaban J connectivity index is 1.36. The second kappa shape index (κ2) is 15.1. The summed E-state index contributed by atoms with van der Waals surface area (Å²) in [4.78, 5) is 30.7. The van der Waals surface area contributed by atoms with Crippen molar-refractivity contribution in [2.75, 3.05) is 32.1 Å². The van der Waals surface area contributed by atoms with Crippen LogP contribution in [0.1, 0.15) is 41.4 Å². The molecule has 240 valence electrons. The molecule has 0 fully saturated rings. The molecule has 0 spiro atoms. The summed E-state index contributed by atoms with van der Waals surface area (Å²) in [5.41, 5.74) is 2.11. The molecule has 4 aromatic carbocycles. The number of carbonyl (C=O) groups excluding carboxylic acids is 2. The van der Waals surface area contributed by atoms with Gasteiger partial charge >= 0.3 is 0 Å². The number of amides is 2. The van der Waals surface area contributed by atoms with E-state index in [0.29, 0.717) is 25.2 Å². The van der Waals surface area contributed by atoms with E-state index in [0.717, 1.165) is 17.1 Å². The van der Waals surface area contributed by atoms with E-state index < -0.39 is 18.1 Å². The minimum Gasteiger partial charge on any atom is -0.486 e. The van der Waals surface area contributed by atoms with Crippen molar-refractivity contribution in [3.05, 3.63) is 120 Å². The first-order chi connectivity index (χ1) is 22.2. The first kappa shape index (κ1) is 32.7. The monoisotopic (exact) mass is 623 g/mol. The Hall–Kier alpha value is -4.70. The number of nitrogens with one attached hydrogen (secondary N) is 1. The third kappa shape index (κ3) is 7.92. The van der Waals surface area contributed by atoms with Gasteiger partial charge in [-0.2, -0.15) is 0 Å². The van der Waals surface area contributed by atoms with E-state index in [9.17, 15) is 19.8 Å². The Kier molecular flexibility index (Phi) is 10.7. The maximum absolute atomic E-state index is 13.8. The van der Waals surface area contributed by atoms with Crippen molar-refractivity contribution in [1.29, 1.82) is 0 Å². The van der Waals surface area contributed by atoms with Crippen LogP contribution in [0.5, 0.6) is 17.2 Å². The van der Waals surface area contributed by atoms with Gasteiger partial charge in [0.05, 0.1) is 23.9 Å². The fraction of sp³-hybridized carbons (Fsp3) is 0.297. The zero-order valence-corrected chi connectivity index (χ0v) is 26.4. The van der Waals surface area contributed by atoms with Crippen LogP contribution in [0, 0.1) is 5.92 Å². The number of benzene rings is 4. The zero-order valence-electron chi connectivity index (χ0n) is 26.4.